The predicted molar refractivity (Wildman–Crippen MR) is 48.9 cm³/mol. The third kappa shape index (κ3) is 9.03. The second kappa shape index (κ2) is 5.71. The number of amides is 1. The van der Waals surface area contributed by atoms with Crippen molar-refractivity contribution < 1.29 is 17.8 Å². The molecule has 1 amide bonds. The van der Waals surface area contributed by atoms with E-state index in [-0.39, 0.29) is 24.6 Å². The van der Waals surface area contributed by atoms with Gasteiger partial charge in [-0.1, -0.05) is 6.08 Å². The second-order valence-electron chi connectivity index (χ2n) is 2.43. The van der Waals surface area contributed by atoms with Gasteiger partial charge < -0.3 is 5.32 Å². The maximum atomic E-state index is 10.8. The van der Waals surface area contributed by atoms with Crippen molar-refractivity contribution in [1.82, 2.24) is 5.32 Å². The molecular weight excluding hydrogens is 194 g/mol. The Bertz CT molecular complexity index is 281. The average molecular weight is 207 g/mol. The normalized spacial score (nSPS) is 11.8. The summed E-state index contributed by atoms with van der Waals surface area (Å²) < 4.78 is 28.8. The summed E-state index contributed by atoms with van der Waals surface area (Å²) >= 11 is 0. The summed E-state index contributed by atoms with van der Waals surface area (Å²) in [4.78, 5) is 10.8. The first-order chi connectivity index (χ1) is 5.95. The molecule has 0 aromatic carbocycles. The first-order valence-corrected chi connectivity index (χ1v) is 5.42. The average Bonchev–Trinajstić information content (AvgIpc) is 1.97. The fourth-order valence-electron chi connectivity index (χ4n) is 0.676. The van der Waals surface area contributed by atoms with Crippen LogP contribution in [0.3, 0.4) is 0 Å². The number of hydrogen-bond donors (Lipinski definition) is 2. The molecular formula is C7H13NO4S. The molecule has 13 heavy (non-hydrogen) atoms. The van der Waals surface area contributed by atoms with Crippen LogP contribution in [0.5, 0.6) is 0 Å². The molecule has 0 bridgehead atoms. The molecule has 0 aromatic heterocycles. The molecule has 2 N–H and O–H groups in total. The van der Waals surface area contributed by atoms with E-state index in [2.05, 4.69) is 5.32 Å². The quantitative estimate of drug-likeness (QED) is 0.376. The molecule has 0 aromatic rings. The Labute approximate surface area is 77.6 Å². The molecule has 76 valence electrons. The fraction of sp³-hybridized carbons (Fsp3) is 0.571. The molecule has 0 rings (SSSR count). The molecule has 0 atom stereocenters. The molecule has 5 nitrogen and oxygen atoms in total. The van der Waals surface area contributed by atoms with Gasteiger partial charge in [-0.05, 0) is 19.4 Å². The maximum absolute atomic E-state index is 10.8. The Morgan fingerprint density at radius 1 is 1.54 bits per heavy atom. The Hall–Kier alpha value is -0.880. The van der Waals surface area contributed by atoms with Crippen molar-refractivity contribution in [2.75, 3.05) is 12.3 Å². The Kier molecular flexibility index (Phi) is 5.33. The summed E-state index contributed by atoms with van der Waals surface area (Å²) in [7, 11) is -3.90. The van der Waals surface area contributed by atoms with Gasteiger partial charge in [0.25, 0.3) is 10.1 Å². The van der Waals surface area contributed by atoms with Crippen LogP contribution in [0.2, 0.25) is 0 Å². The first-order valence-electron chi connectivity index (χ1n) is 3.81. The predicted octanol–water partition coefficient (Wildman–Crippen LogP) is -0.0434. The van der Waals surface area contributed by atoms with Gasteiger partial charge in [0.2, 0.25) is 5.91 Å². The van der Waals surface area contributed by atoms with Gasteiger partial charge in [0.15, 0.2) is 0 Å². The van der Waals surface area contributed by atoms with Crippen molar-refractivity contribution in [3.8, 4) is 0 Å². The molecule has 0 spiro atoms. The van der Waals surface area contributed by atoms with Crippen LogP contribution in [0.25, 0.3) is 0 Å². The monoisotopic (exact) mass is 207 g/mol. The second-order valence-corrected chi connectivity index (χ2v) is 4.00. The van der Waals surface area contributed by atoms with E-state index in [1.165, 1.54) is 6.08 Å². The summed E-state index contributed by atoms with van der Waals surface area (Å²) in [5.74, 6) is -0.596. The topological polar surface area (TPSA) is 83.5 Å². The summed E-state index contributed by atoms with van der Waals surface area (Å²) in [6.45, 7) is 1.95. The third-order valence-electron chi connectivity index (χ3n) is 1.20. The van der Waals surface area contributed by atoms with Crippen molar-refractivity contribution in [2.24, 2.45) is 0 Å². The Morgan fingerprint density at radius 2 is 2.15 bits per heavy atom. The molecule has 0 aliphatic carbocycles. The number of nitrogens with one attached hydrogen (secondary N) is 1. The van der Waals surface area contributed by atoms with E-state index in [1.54, 1.807) is 13.0 Å². The van der Waals surface area contributed by atoms with Gasteiger partial charge in [0.05, 0.1) is 5.75 Å². The van der Waals surface area contributed by atoms with E-state index in [4.69, 9.17) is 4.55 Å². The van der Waals surface area contributed by atoms with E-state index in [1.807, 2.05) is 0 Å². The van der Waals surface area contributed by atoms with E-state index in [0.29, 0.717) is 0 Å². The molecule has 0 unspecified atom stereocenters. The first kappa shape index (κ1) is 12.1. The summed E-state index contributed by atoms with van der Waals surface area (Å²) in [5.41, 5.74) is 0. The smallest absolute Gasteiger partial charge is 0.264 e. The van der Waals surface area contributed by atoms with E-state index < -0.39 is 10.1 Å². The van der Waals surface area contributed by atoms with Gasteiger partial charge in [0.1, 0.15) is 0 Å². The van der Waals surface area contributed by atoms with Gasteiger partial charge in [0, 0.05) is 6.54 Å². The molecule has 6 heteroatoms. The van der Waals surface area contributed by atoms with Gasteiger partial charge in [-0.25, -0.2) is 0 Å². The SMILES string of the molecule is CC=CC(=O)NCCCS(=O)(=O)O. The van der Waals surface area contributed by atoms with Crippen molar-refractivity contribution in [2.45, 2.75) is 13.3 Å². The molecule has 0 heterocycles. The Morgan fingerprint density at radius 3 is 2.62 bits per heavy atom. The highest BCUT2D eigenvalue weighted by atomic mass is 32.2. The van der Waals surface area contributed by atoms with Crippen LogP contribution < -0.4 is 5.32 Å². The summed E-state index contributed by atoms with van der Waals surface area (Å²) in [6, 6.07) is 0. The van der Waals surface area contributed by atoms with Crippen LogP contribution >= 0.6 is 0 Å². The van der Waals surface area contributed by atoms with Crippen molar-refractivity contribution in [3.05, 3.63) is 12.2 Å². The van der Waals surface area contributed by atoms with E-state index in [0.717, 1.165) is 0 Å². The number of allylic oxidation sites excluding steroid dienone is 1. The van der Waals surface area contributed by atoms with Crippen molar-refractivity contribution >= 4 is 16.0 Å². The standard InChI is InChI=1S/C7H13NO4S/c1-2-4-7(9)8-5-3-6-13(10,11)12/h2,4H,3,5-6H2,1H3,(H,8,9)(H,10,11,12). The lowest BCUT2D eigenvalue weighted by molar-refractivity contribution is -0.116. The molecule has 0 saturated heterocycles. The number of hydrogen-bond acceptors (Lipinski definition) is 3. The highest BCUT2D eigenvalue weighted by Crippen LogP contribution is 1.86. The molecule has 0 aliphatic rings. The van der Waals surface area contributed by atoms with Crippen LogP contribution in [-0.4, -0.2) is 31.2 Å². The van der Waals surface area contributed by atoms with Crippen LogP contribution in [-0.2, 0) is 14.9 Å². The fourth-order valence-corrected chi connectivity index (χ4v) is 1.19. The van der Waals surface area contributed by atoms with E-state index >= 15 is 0 Å². The zero-order valence-corrected chi connectivity index (χ0v) is 8.17. The van der Waals surface area contributed by atoms with E-state index in [9.17, 15) is 13.2 Å². The Balaban J connectivity index is 3.53. The largest absolute Gasteiger partial charge is 0.353 e. The van der Waals surface area contributed by atoms with Gasteiger partial charge in [-0.3, -0.25) is 9.35 Å². The minimum absolute atomic E-state index is 0.210. The zero-order chi connectivity index (χ0) is 10.3. The van der Waals surface area contributed by atoms with Crippen molar-refractivity contribution in [3.63, 3.8) is 0 Å². The minimum Gasteiger partial charge on any atom is -0.353 e. The van der Waals surface area contributed by atoms with Crippen LogP contribution in [0.15, 0.2) is 12.2 Å². The molecule has 0 fully saturated rings. The van der Waals surface area contributed by atoms with Crippen LogP contribution in [0.1, 0.15) is 13.3 Å². The minimum atomic E-state index is -3.90. The van der Waals surface area contributed by atoms with Crippen LogP contribution in [0, 0.1) is 0 Å². The molecule has 0 aliphatic heterocycles. The molecule has 0 saturated carbocycles. The lowest BCUT2D eigenvalue weighted by atomic mass is 10.4. The third-order valence-corrected chi connectivity index (χ3v) is 2.00. The lowest BCUT2D eigenvalue weighted by Gasteiger charge is -1.99. The summed E-state index contributed by atoms with van der Waals surface area (Å²) in [5, 5.41) is 2.45. The highest BCUT2D eigenvalue weighted by Gasteiger charge is 2.03. The maximum Gasteiger partial charge on any atom is 0.264 e. The van der Waals surface area contributed by atoms with Gasteiger partial charge in [-0.2, -0.15) is 8.42 Å². The lowest BCUT2D eigenvalue weighted by Crippen LogP contribution is -2.23. The van der Waals surface area contributed by atoms with Crippen LogP contribution in [0.4, 0.5) is 0 Å². The number of carbonyl (C=O) groups is 1. The van der Waals surface area contributed by atoms with Gasteiger partial charge in [-0.15, -0.1) is 0 Å². The highest BCUT2D eigenvalue weighted by molar-refractivity contribution is 7.85. The van der Waals surface area contributed by atoms with Gasteiger partial charge >= 0.3 is 0 Å². The summed E-state index contributed by atoms with van der Waals surface area (Å²) in [6.07, 6.45) is 3.13. The molecule has 0 radical (unpaired) electrons. The van der Waals surface area contributed by atoms with Crippen molar-refractivity contribution in [1.29, 1.82) is 0 Å². The number of rotatable bonds is 5. The zero-order valence-electron chi connectivity index (χ0n) is 7.36. The number of carbonyl (C=O) groups excluding carboxylic acids is 1.